The van der Waals surface area contributed by atoms with Gasteiger partial charge in [0.25, 0.3) is 0 Å². The van der Waals surface area contributed by atoms with E-state index in [2.05, 4.69) is 25.6 Å². The smallest absolute Gasteiger partial charge is 0.372 e. The maximum Gasteiger partial charge on any atom is 0.372 e. The summed E-state index contributed by atoms with van der Waals surface area (Å²) < 4.78 is 11.5. The van der Waals surface area contributed by atoms with Crippen molar-refractivity contribution in [2.24, 2.45) is 0 Å². The first-order valence-corrected chi connectivity index (χ1v) is 7.17. The van der Waals surface area contributed by atoms with Gasteiger partial charge in [0, 0.05) is 7.11 Å². The highest BCUT2D eigenvalue weighted by atomic mass is 28.4. The molecular formula is C12H18O2Si. The lowest BCUT2D eigenvalue weighted by Gasteiger charge is -2.27. The molecule has 0 N–H and O–H groups in total. The van der Waals surface area contributed by atoms with Crippen LogP contribution in [0.4, 0.5) is 0 Å². The summed E-state index contributed by atoms with van der Waals surface area (Å²) in [7, 11) is -0.484. The third-order valence-electron chi connectivity index (χ3n) is 2.44. The van der Waals surface area contributed by atoms with Crippen molar-refractivity contribution in [1.29, 1.82) is 0 Å². The Hall–Kier alpha value is -0.903. The molecule has 0 fully saturated rings. The molecule has 0 aromatic heterocycles. The third kappa shape index (κ3) is 2.78. The Balaban J connectivity index is 2.94. The van der Waals surface area contributed by atoms with Gasteiger partial charge in [0.15, 0.2) is 0 Å². The van der Waals surface area contributed by atoms with Gasteiger partial charge in [-0.1, -0.05) is 43.3 Å². The molecule has 1 unspecified atom stereocenters. The molecular weight excluding hydrogens is 204 g/mol. The minimum absolute atomic E-state index is 0.544. The van der Waals surface area contributed by atoms with E-state index in [-0.39, 0.29) is 0 Å². The Morgan fingerprint density at radius 1 is 1.33 bits per heavy atom. The summed E-state index contributed by atoms with van der Waals surface area (Å²) in [5, 5.41) is 1.18. The first-order valence-electron chi connectivity index (χ1n) is 5.14. The van der Waals surface area contributed by atoms with Crippen LogP contribution in [0.2, 0.25) is 6.04 Å². The van der Waals surface area contributed by atoms with Crippen LogP contribution in [0.5, 0.6) is 0 Å². The molecule has 1 aromatic rings. The van der Waals surface area contributed by atoms with Gasteiger partial charge in [-0.2, -0.15) is 0 Å². The topological polar surface area (TPSA) is 18.5 Å². The zero-order valence-corrected chi connectivity index (χ0v) is 10.4. The van der Waals surface area contributed by atoms with Crippen LogP contribution in [-0.4, -0.2) is 22.3 Å². The summed E-state index contributed by atoms with van der Waals surface area (Å²) in [6, 6.07) is 11.1. The zero-order valence-electron chi connectivity index (χ0n) is 9.40. The second-order valence-corrected chi connectivity index (χ2v) is 6.76. The summed E-state index contributed by atoms with van der Waals surface area (Å²) >= 11 is 0. The van der Waals surface area contributed by atoms with Gasteiger partial charge in [0.05, 0.1) is 6.61 Å². The zero-order chi connectivity index (χ0) is 11.1. The lowest BCUT2D eigenvalue weighted by Crippen LogP contribution is -2.52. The van der Waals surface area contributed by atoms with Crippen LogP contribution in [0.3, 0.4) is 0 Å². The lowest BCUT2D eigenvalue weighted by atomic mass is 10.4. The Labute approximate surface area is 92.8 Å². The molecule has 0 aliphatic rings. The predicted octanol–water partition coefficient (Wildman–Crippen LogP) is 2.20. The SMILES string of the molecule is C=CCO[Si](CC)(OC)c1ccccc1. The Bertz CT molecular complexity index is 294. The first-order chi connectivity index (χ1) is 7.29. The van der Waals surface area contributed by atoms with Crippen molar-refractivity contribution in [3.63, 3.8) is 0 Å². The van der Waals surface area contributed by atoms with Crippen molar-refractivity contribution in [2.45, 2.75) is 13.0 Å². The van der Waals surface area contributed by atoms with Crippen LogP contribution >= 0.6 is 0 Å². The van der Waals surface area contributed by atoms with Crippen molar-refractivity contribution in [3.8, 4) is 0 Å². The fraction of sp³-hybridized carbons (Fsp3) is 0.333. The Kier molecular flexibility index (Phi) is 4.75. The quantitative estimate of drug-likeness (QED) is 0.543. The summed E-state index contributed by atoms with van der Waals surface area (Å²) in [4.78, 5) is 0. The maximum absolute atomic E-state index is 5.86. The molecule has 1 rings (SSSR count). The Morgan fingerprint density at radius 3 is 2.47 bits per heavy atom. The molecule has 0 saturated heterocycles. The van der Waals surface area contributed by atoms with Gasteiger partial charge in [0.2, 0.25) is 0 Å². The molecule has 0 bridgehead atoms. The van der Waals surface area contributed by atoms with Gasteiger partial charge in [-0.25, -0.2) is 0 Å². The van der Waals surface area contributed by atoms with E-state index in [9.17, 15) is 0 Å². The van der Waals surface area contributed by atoms with Crippen LogP contribution in [0.25, 0.3) is 0 Å². The minimum atomic E-state index is -2.21. The van der Waals surface area contributed by atoms with Crippen molar-refractivity contribution in [2.75, 3.05) is 13.7 Å². The molecule has 1 atom stereocenters. The van der Waals surface area contributed by atoms with E-state index in [4.69, 9.17) is 8.85 Å². The maximum atomic E-state index is 5.86. The molecule has 0 aliphatic heterocycles. The van der Waals surface area contributed by atoms with Crippen molar-refractivity contribution >= 4 is 13.7 Å². The van der Waals surface area contributed by atoms with E-state index in [1.165, 1.54) is 5.19 Å². The second-order valence-electron chi connectivity index (χ2n) is 3.28. The van der Waals surface area contributed by atoms with Crippen LogP contribution in [-0.2, 0) is 8.85 Å². The molecule has 0 spiro atoms. The molecule has 0 heterocycles. The van der Waals surface area contributed by atoms with E-state index in [1.54, 1.807) is 13.2 Å². The van der Waals surface area contributed by atoms with E-state index in [1.807, 2.05) is 18.2 Å². The second kappa shape index (κ2) is 5.85. The van der Waals surface area contributed by atoms with Crippen molar-refractivity contribution in [3.05, 3.63) is 43.0 Å². The molecule has 0 radical (unpaired) electrons. The molecule has 3 heteroatoms. The summed E-state index contributed by atoms with van der Waals surface area (Å²) in [5.74, 6) is 0. The molecule has 0 aliphatic carbocycles. The molecule has 0 amide bonds. The van der Waals surface area contributed by atoms with Gasteiger partial charge in [0.1, 0.15) is 0 Å². The van der Waals surface area contributed by atoms with Gasteiger partial charge in [-0.05, 0) is 11.2 Å². The summed E-state index contributed by atoms with van der Waals surface area (Å²) in [5.41, 5.74) is 0. The number of hydrogen-bond donors (Lipinski definition) is 0. The summed E-state index contributed by atoms with van der Waals surface area (Å²) in [6.07, 6.45) is 1.76. The fourth-order valence-electron chi connectivity index (χ4n) is 1.60. The van der Waals surface area contributed by atoms with Crippen LogP contribution < -0.4 is 5.19 Å². The van der Waals surface area contributed by atoms with Gasteiger partial charge < -0.3 is 8.85 Å². The monoisotopic (exact) mass is 222 g/mol. The van der Waals surface area contributed by atoms with E-state index in [0.29, 0.717) is 6.61 Å². The average Bonchev–Trinajstić information content (AvgIpc) is 2.33. The van der Waals surface area contributed by atoms with Gasteiger partial charge in [-0.15, -0.1) is 6.58 Å². The fourth-order valence-corrected chi connectivity index (χ4v) is 4.10. The normalized spacial score (nSPS) is 14.5. The minimum Gasteiger partial charge on any atom is -0.394 e. The van der Waals surface area contributed by atoms with Gasteiger partial charge >= 0.3 is 8.56 Å². The number of rotatable bonds is 6. The number of benzene rings is 1. The van der Waals surface area contributed by atoms with E-state index >= 15 is 0 Å². The highest BCUT2D eigenvalue weighted by Crippen LogP contribution is 2.12. The molecule has 2 nitrogen and oxygen atoms in total. The molecule has 15 heavy (non-hydrogen) atoms. The average molecular weight is 222 g/mol. The lowest BCUT2D eigenvalue weighted by molar-refractivity contribution is 0.235. The molecule has 1 aromatic carbocycles. The van der Waals surface area contributed by atoms with E-state index in [0.717, 1.165) is 6.04 Å². The van der Waals surface area contributed by atoms with E-state index < -0.39 is 8.56 Å². The predicted molar refractivity (Wildman–Crippen MR) is 65.5 cm³/mol. The highest BCUT2D eigenvalue weighted by Gasteiger charge is 2.36. The van der Waals surface area contributed by atoms with Crippen LogP contribution in [0.15, 0.2) is 43.0 Å². The van der Waals surface area contributed by atoms with Crippen LogP contribution in [0.1, 0.15) is 6.92 Å². The summed E-state index contributed by atoms with van der Waals surface area (Å²) in [6.45, 7) is 6.32. The number of hydrogen-bond acceptors (Lipinski definition) is 2. The first kappa shape index (κ1) is 12.2. The molecule has 0 saturated carbocycles. The molecule has 82 valence electrons. The largest absolute Gasteiger partial charge is 0.394 e. The van der Waals surface area contributed by atoms with Crippen molar-refractivity contribution < 1.29 is 8.85 Å². The third-order valence-corrected chi connectivity index (χ3v) is 5.88. The Morgan fingerprint density at radius 2 is 2.00 bits per heavy atom. The van der Waals surface area contributed by atoms with Crippen LogP contribution in [0, 0.1) is 0 Å². The standard InChI is InChI=1S/C12H18O2Si/c1-4-11-14-15(5-2,13-3)12-9-7-6-8-10-12/h4,6-10H,1,5,11H2,2-3H3. The van der Waals surface area contributed by atoms with Crippen molar-refractivity contribution in [1.82, 2.24) is 0 Å². The highest BCUT2D eigenvalue weighted by molar-refractivity contribution is 6.81. The van der Waals surface area contributed by atoms with Gasteiger partial charge in [-0.3, -0.25) is 0 Å².